The highest BCUT2D eigenvalue weighted by atomic mass is 16.6. The Morgan fingerprint density at radius 2 is 1.57 bits per heavy atom. The minimum absolute atomic E-state index is 0.00464. The molecule has 91 heavy (non-hydrogen) atoms. The first-order valence-corrected chi connectivity index (χ1v) is 33.0. The maximum absolute atomic E-state index is 16.2. The van der Waals surface area contributed by atoms with Gasteiger partial charge in [0.2, 0.25) is 0 Å². The van der Waals surface area contributed by atoms with E-state index in [0.29, 0.717) is 41.7 Å². The summed E-state index contributed by atoms with van der Waals surface area (Å²) in [4.78, 5) is 46.9. The van der Waals surface area contributed by atoms with Crippen molar-refractivity contribution in [1.82, 2.24) is 0 Å². The number of hydrogen-bond donors (Lipinski definition) is 4. The van der Waals surface area contributed by atoms with E-state index in [4.69, 9.17) is 23.4 Å². The van der Waals surface area contributed by atoms with Gasteiger partial charge >= 0.3 is 17.6 Å². The molecule has 6 bridgehead atoms. The number of aliphatic hydroxyl groups excluding tert-OH is 4. The maximum Gasteiger partial charge on any atom is 0.340 e. The molecule has 2 spiro atoms. The van der Waals surface area contributed by atoms with Crippen molar-refractivity contribution >= 4 is 46.7 Å². The van der Waals surface area contributed by atoms with Crippen LogP contribution in [0, 0.1) is 35.5 Å². The number of carbonyl (C=O) groups is 2. The lowest BCUT2D eigenvalue weighted by Gasteiger charge is -2.54. The third kappa shape index (κ3) is 9.12. The van der Waals surface area contributed by atoms with Gasteiger partial charge in [-0.3, -0.25) is 4.79 Å². The Kier molecular flexibility index (Phi) is 14.7. The molecule has 2 saturated carbocycles. The number of esters is 2. The lowest BCUT2D eigenvalue weighted by Crippen LogP contribution is -2.61. The Bertz CT molecular complexity index is 4270. The Balaban J connectivity index is 0.885. The number of rotatable bonds is 8. The molecule has 464 valence electrons. The van der Waals surface area contributed by atoms with Crippen molar-refractivity contribution in [3.63, 3.8) is 0 Å². The van der Waals surface area contributed by atoms with Gasteiger partial charge in [0.05, 0.1) is 25.4 Å². The van der Waals surface area contributed by atoms with Crippen LogP contribution in [0.1, 0.15) is 167 Å². The second kappa shape index (κ2) is 23.0. The third-order valence-electron chi connectivity index (χ3n) is 23.1. The Hall–Kier alpha value is -7.97. The number of allylic oxidation sites excluding steroid dienone is 8. The van der Waals surface area contributed by atoms with E-state index in [1.807, 2.05) is 0 Å². The molecule has 12 aliphatic rings. The second-order valence-electron chi connectivity index (χ2n) is 27.3. The maximum atomic E-state index is 16.2. The first-order valence-electron chi connectivity index (χ1n) is 33.0. The zero-order valence-electron chi connectivity index (χ0n) is 51.2. The van der Waals surface area contributed by atoms with E-state index in [1.54, 1.807) is 19.1 Å². The van der Waals surface area contributed by atoms with Crippen molar-refractivity contribution in [2.24, 2.45) is 35.5 Å². The van der Waals surface area contributed by atoms with Gasteiger partial charge in [0.1, 0.15) is 18.1 Å². The number of fused-ring (bicyclic) bond motifs is 17. The van der Waals surface area contributed by atoms with E-state index < -0.39 is 61.3 Å². The summed E-state index contributed by atoms with van der Waals surface area (Å²) in [6, 6.07) is 34.5. The summed E-state index contributed by atoms with van der Waals surface area (Å²) < 4.78 is 34.0. The molecule has 12 heteroatoms. The van der Waals surface area contributed by atoms with Gasteiger partial charge < -0.3 is 43.8 Å². The molecule has 4 heterocycles. The van der Waals surface area contributed by atoms with Crippen LogP contribution in [-0.2, 0) is 42.2 Å². The number of hydrogen-bond acceptors (Lipinski definition) is 12. The van der Waals surface area contributed by atoms with Gasteiger partial charge in [-0.15, -0.1) is 0 Å². The fraction of sp³-hybridized carbons (Fsp3) is 0.380. The first kappa shape index (κ1) is 58.1. The lowest BCUT2D eigenvalue weighted by atomic mass is 9.48. The van der Waals surface area contributed by atoms with Gasteiger partial charge in [-0.25, -0.2) is 9.59 Å². The standard InChI is InChI=1S/C79H76O12/c1-44(40-81)55-26-18-45-19-27-57-48(35-45)20-21-50-37-54-12-6-11-53-25-22-47-10-3-5-16-65(47)79(53,54)66-17-7-14-59(70(50)66)49-24-28-58(57)52(36-49)38-69(84)88-74-72-68(31-30-62-64(41-82)71(77(86)89-73(62)72)51(32-34-80)42-87-43-83)91-78(75(74)90-76(55)85)33-8-15-61-60-29-23-46-9-2-4-13-56(46)63(60)39-67(61)78/h2-5,7-10,13-17,19-25,27-31,35,37,49,51-54,58,60-61,63,67,74-75,80-83H,6,11-12,18,26,32-34,36,38-43H2,1H3/b21-20+,55-44-/t49-,51-,52-,53-,54+,58+,60-,61+,63-,67-,74-,75+,78+,79+/m1/s1. The van der Waals surface area contributed by atoms with Crippen molar-refractivity contribution < 1.29 is 53.4 Å². The number of carbonyl (C=O) groups excluding carboxylic acids is 2. The summed E-state index contributed by atoms with van der Waals surface area (Å²) in [6.07, 6.45) is 28.4. The Labute approximate surface area is 529 Å². The van der Waals surface area contributed by atoms with Crippen LogP contribution in [0.25, 0.3) is 34.8 Å². The van der Waals surface area contributed by atoms with Crippen molar-refractivity contribution in [2.75, 3.05) is 26.6 Å². The van der Waals surface area contributed by atoms with E-state index >= 15 is 9.59 Å². The van der Waals surface area contributed by atoms with Gasteiger partial charge in [0, 0.05) is 65.1 Å². The zero-order chi connectivity index (χ0) is 61.9. The lowest BCUT2D eigenvalue weighted by molar-refractivity contribution is -0.205. The highest BCUT2D eigenvalue weighted by Gasteiger charge is 2.65. The predicted octanol–water partition coefficient (Wildman–Crippen LogP) is 13.3. The minimum atomic E-state index is -1.43. The van der Waals surface area contributed by atoms with Gasteiger partial charge in [-0.05, 0) is 172 Å². The number of benzene rings is 5. The van der Waals surface area contributed by atoms with E-state index in [0.717, 1.165) is 41.5 Å². The summed E-state index contributed by atoms with van der Waals surface area (Å²) in [5.41, 5.74) is 12.0. The average molecular weight is 1220 g/mol. The Morgan fingerprint density at radius 3 is 2.43 bits per heavy atom. The molecule has 12 nitrogen and oxygen atoms in total. The van der Waals surface area contributed by atoms with Crippen LogP contribution in [0.15, 0.2) is 166 Å². The smallest absolute Gasteiger partial charge is 0.340 e. The summed E-state index contributed by atoms with van der Waals surface area (Å²) >= 11 is 0. The largest absolute Gasteiger partial charge is 0.482 e. The molecule has 0 unspecified atom stereocenters. The number of ether oxygens (including phenoxy) is 4. The summed E-state index contributed by atoms with van der Waals surface area (Å²) in [7, 11) is 0. The molecule has 2 fully saturated rings. The molecule has 0 radical (unpaired) electrons. The molecule has 0 saturated heterocycles. The SMILES string of the molecule is C/C(CO)=C1\CCc2ccc3c(c2)/C=C/C2=C[C@@H]4CCC[C@@H]5C=Cc6ccccc6[C@@]45c4cccc(c42)[C@@H]2C=C[C@H]3[C@@H](CC(=O)O[C@@H]3c4c(ccc5c(CO)c([C@H](CCO)COCO)c(=O)oc45)O[C@]4(CC=C[C@H]5[C@H]6C=Cc7ccccc7[C@H]6C[C@H]54)[C@H]3OC1=O)C2. The van der Waals surface area contributed by atoms with Crippen LogP contribution in [0.2, 0.25) is 0 Å². The molecule has 3 aliphatic heterocycles. The minimum Gasteiger partial charge on any atom is -0.482 e. The molecule has 4 N–H and O–H groups in total. The van der Waals surface area contributed by atoms with Crippen LogP contribution in [-0.4, -0.2) is 70.7 Å². The van der Waals surface area contributed by atoms with Crippen molar-refractivity contribution in [1.29, 1.82) is 0 Å². The molecule has 14 atom stereocenters. The van der Waals surface area contributed by atoms with Gasteiger partial charge in [-0.2, -0.15) is 0 Å². The topological polar surface area (TPSA) is 182 Å². The molecule has 6 aromatic rings. The highest BCUT2D eigenvalue weighted by molar-refractivity contribution is 5.91. The predicted molar refractivity (Wildman–Crippen MR) is 347 cm³/mol. The van der Waals surface area contributed by atoms with Crippen LogP contribution in [0.4, 0.5) is 0 Å². The third-order valence-corrected chi connectivity index (χ3v) is 23.1. The summed E-state index contributed by atoms with van der Waals surface area (Å²) in [5, 5.41) is 42.7. The molecule has 9 aliphatic carbocycles. The number of aryl methyl sites for hydroxylation is 1. The molecule has 0 amide bonds. The van der Waals surface area contributed by atoms with Crippen LogP contribution in [0.5, 0.6) is 5.75 Å². The van der Waals surface area contributed by atoms with E-state index in [-0.39, 0.29) is 120 Å². The summed E-state index contributed by atoms with van der Waals surface area (Å²) in [6.45, 7) is -0.367. The van der Waals surface area contributed by atoms with Gasteiger partial charge in [0.25, 0.3) is 0 Å². The van der Waals surface area contributed by atoms with E-state index in [2.05, 4.69) is 152 Å². The van der Waals surface area contributed by atoms with Crippen molar-refractivity contribution in [3.8, 4) is 5.75 Å². The van der Waals surface area contributed by atoms with Crippen molar-refractivity contribution in [3.05, 3.63) is 240 Å². The van der Waals surface area contributed by atoms with Crippen LogP contribution < -0.4 is 10.4 Å². The normalized spacial score (nSPS) is 31.4. The highest BCUT2D eigenvalue weighted by Crippen LogP contribution is 2.64. The first-order chi connectivity index (χ1) is 44.5. The monoisotopic (exact) mass is 1220 g/mol. The van der Waals surface area contributed by atoms with E-state index in [1.165, 1.54) is 39.0 Å². The quantitative estimate of drug-likeness (QED) is 0.0373. The van der Waals surface area contributed by atoms with Crippen molar-refractivity contribution in [2.45, 2.75) is 125 Å². The fourth-order valence-electron chi connectivity index (χ4n) is 19.2. The van der Waals surface area contributed by atoms with E-state index in [9.17, 15) is 25.2 Å². The van der Waals surface area contributed by atoms with Crippen LogP contribution in [0.3, 0.4) is 0 Å². The van der Waals surface area contributed by atoms with Gasteiger partial charge in [-0.1, -0.05) is 158 Å². The number of aliphatic hydroxyl groups is 4. The molecule has 5 aromatic carbocycles. The molecule has 1 aromatic heterocycles. The summed E-state index contributed by atoms with van der Waals surface area (Å²) in [5.74, 6) is -1.92. The molecular weight excluding hydrogens is 1140 g/mol. The van der Waals surface area contributed by atoms with Gasteiger partial charge in [0.15, 0.2) is 17.8 Å². The van der Waals surface area contributed by atoms with Crippen LogP contribution >= 0.6 is 0 Å². The Morgan fingerprint density at radius 1 is 0.747 bits per heavy atom. The average Bonchev–Trinajstić information content (AvgIpc) is 1.58. The fourth-order valence-corrected chi connectivity index (χ4v) is 19.2. The zero-order valence-corrected chi connectivity index (χ0v) is 51.2. The molecular formula is C79H76O12. The second-order valence-corrected chi connectivity index (χ2v) is 27.3. The molecule has 18 rings (SSSR count).